The van der Waals surface area contributed by atoms with E-state index in [2.05, 4.69) is 20.7 Å². The molecule has 2 aromatic heterocycles. The Bertz CT molecular complexity index is 1130. The lowest BCUT2D eigenvalue weighted by atomic mass is 10.2. The molecule has 0 radical (unpaired) electrons. The highest BCUT2D eigenvalue weighted by atomic mass is 35.5. The van der Waals surface area contributed by atoms with Crippen molar-refractivity contribution in [3.63, 3.8) is 0 Å². The molecule has 1 fully saturated rings. The zero-order valence-electron chi connectivity index (χ0n) is 16.1. The molecule has 2 amide bonds. The number of carbonyl (C=O) groups is 2. The molecule has 31 heavy (non-hydrogen) atoms. The summed E-state index contributed by atoms with van der Waals surface area (Å²) < 4.78 is 15.5. The molecule has 1 aliphatic rings. The monoisotopic (exact) mass is 464 g/mol. The van der Waals surface area contributed by atoms with Crippen LogP contribution in [0.3, 0.4) is 0 Å². The van der Waals surface area contributed by atoms with Crippen LogP contribution in [0.1, 0.15) is 22.5 Å². The lowest BCUT2D eigenvalue weighted by Crippen LogP contribution is -2.31. The van der Waals surface area contributed by atoms with Crippen LogP contribution >= 0.6 is 22.9 Å². The van der Waals surface area contributed by atoms with Crippen LogP contribution in [0.4, 0.5) is 21.0 Å². The highest BCUT2D eigenvalue weighted by Gasteiger charge is 2.19. The van der Waals surface area contributed by atoms with Crippen LogP contribution in [0.15, 0.2) is 30.6 Å². The number of hydrogen-bond donors (Lipinski definition) is 3. The van der Waals surface area contributed by atoms with Crippen LogP contribution in [-0.2, 0) is 11.3 Å². The maximum Gasteiger partial charge on any atom is 0.267 e. The number of halogens is 2. The molecule has 1 aromatic carbocycles. The second-order valence-corrected chi connectivity index (χ2v) is 8.29. The van der Waals surface area contributed by atoms with E-state index in [1.165, 1.54) is 16.9 Å². The summed E-state index contributed by atoms with van der Waals surface area (Å²) >= 11 is 6.93. The minimum atomic E-state index is -1.02. The molecule has 0 bridgehead atoms. The highest BCUT2D eigenvalue weighted by molar-refractivity contribution is 7.17. The van der Waals surface area contributed by atoms with Crippen molar-refractivity contribution >= 4 is 51.4 Å². The number of phenolic OH excluding ortho intramolecular Hbond substituents is 1. The predicted molar refractivity (Wildman–Crippen MR) is 114 cm³/mol. The fourth-order valence-corrected chi connectivity index (χ4v) is 4.01. The number of anilines is 3. The number of thiazole rings is 1. The Morgan fingerprint density at radius 3 is 2.81 bits per heavy atom. The summed E-state index contributed by atoms with van der Waals surface area (Å²) in [4.78, 5) is 30.8. The van der Waals surface area contributed by atoms with E-state index in [0.29, 0.717) is 10.9 Å². The van der Waals surface area contributed by atoms with Crippen LogP contribution < -0.4 is 10.6 Å². The number of carbonyl (C=O) groups excluding carboxylic acids is 2. The number of aromatic nitrogens is 3. The largest absolute Gasteiger partial charge is 0.505 e. The van der Waals surface area contributed by atoms with Crippen molar-refractivity contribution < 1.29 is 19.1 Å². The van der Waals surface area contributed by atoms with Crippen LogP contribution in [-0.4, -0.2) is 49.7 Å². The average molecular weight is 465 g/mol. The smallest absolute Gasteiger partial charge is 0.267 e. The molecule has 12 heteroatoms. The van der Waals surface area contributed by atoms with E-state index in [-0.39, 0.29) is 28.0 Å². The summed E-state index contributed by atoms with van der Waals surface area (Å²) in [6.07, 6.45) is 5.07. The third kappa shape index (κ3) is 4.78. The van der Waals surface area contributed by atoms with Crippen molar-refractivity contribution in [2.75, 3.05) is 23.7 Å². The minimum Gasteiger partial charge on any atom is -0.505 e. The Morgan fingerprint density at radius 2 is 2.03 bits per heavy atom. The first-order valence-electron chi connectivity index (χ1n) is 9.43. The molecule has 3 aromatic rings. The van der Waals surface area contributed by atoms with E-state index >= 15 is 0 Å². The third-order valence-corrected chi connectivity index (χ3v) is 5.90. The maximum atomic E-state index is 14.0. The zero-order chi connectivity index (χ0) is 22.0. The van der Waals surface area contributed by atoms with Gasteiger partial charge in [0.1, 0.15) is 17.1 Å². The van der Waals surface area contributed by atoms with E-state index in [1.807, 2.05) is 4.90 Å². The van der Waals surface area contributed by atoms with Gasteiger partial charge < -0.3 is 20.6 Å². The van der Waals surface area contributed by atoms with Crippen molar-refractivity contribution in [2.24, 2.45) is 0 Å². The Labute approximate surface area is 185 Å². The number of hydrogen-bond acceptors (Lipinski definition) is 7. The van der Waals surface area contributed by atoms with Gasteiger partial charge in [0.05, 0.1) is 11.2 Å². The maximum absolute atomic E-state index is 14.0. The molecular formula is C19H18ClFN6O3S. The van der Waals surface area contributed by atoms with E-state index in [9.17, 15) is 19.1 Å². The van der Waals surface area contributed by atoms with Gasteiger partial charge >= 0.3 is 0 Å². The highest BCUT2D eigenvalue weighted by Crippen LogP contribution is 2.32. The van der Waals surface area contributed by atoms with Gasteiger partial charge in [-0.05, 0) is 25.0 Å². The van der Waals surface area contributed by atoms with Gasteiger partial charge in [0.15, 0.2) is 22.5 Å². The molecule has 0 spiro atoms. The standard InChI is InChI=1S/C19H18ClFN6O3S/c20-11-3-4-12(28)16(21)17(11)24-18(30)13-9-22-19(31-13)23-14-5-8-27(25-14)10-15(29)26-6-1-2-7-26/h3-5,8-9,28H,1-2,6-7,10H2,(H,24,30)(H,22,23,25). The Kier molecular flexibility index (Phi) is 6.05. The fraction of sp³-hybridized carbons (Fsp3) is 0.263. The van der Waals surface area contributed by atoms with Crippen LogP contribution in [0, 0.1) is 5.82 Å². The van der Waals surface area contributed by atoms with Gasteiger partial charge in [-0.1, -0.05) is 22.9 Å². The molecule has 162 valence electrons. The summed E-state index contributed by atoms with van der Waals surface area (Å²) in [6.45, 7) is 1.73. The van der Waals surface area contributed by atoms with Crippen LogP contribution in [0.5, 0.6) is 5.75 Å². The van der Waals surface area contributed by atoms with Gasteiger partial charge in [0, 0.05) is 25.4 Å². The molecule has 3 heterocycles. The first-order chi connectivity index (χ1) is 14.9. The third-order valence-electron chi connectivity index (χ3n) is 4.67. The number of likely N-dealkylation sites (tertiary alicyclic amines) is 1. The van der Waals surface area contributed by atoms with Gasteiger partial charge in [-0.2, -0.15) is 5.10 Å². The van der Waals surface area contributed by atoms with Gasteiger partial charge in [0.25, 0.3) is 5.91 Å². The molecule has 4 rings (SSSR count). The Morgan fingerprint density at radius 1 is 1.26 bits per heavy atom. The summed E-state index contributed by atoms with van der Waals surface area (Å²) in [5.41, 5.74) is -0.309. The summed E-state index contributed by atoms with van der Waals surface area (Å²) in [5.74, 6) is -1.77. The molecule has 0 aliphatic carbocycles. The molecule has 0 saturated carbocycles. The van der Waals surface area contributed by atoms with Gasteiger partial charge in [-0.25, -0.2) is 9.37 Å². The SMILES string of the molecule is O=C(Nc1c(Cl)ccc(O)c1F)c1cnc(Nc2ccn(CC(=O)N3CCCC3)n2)s1. The topological polar surface area (TPSA) is 112 Å². The van der Waals surface area contributed by atoms with Crippen LogP contribution in [0.2, 0.25) is 5.02 Å². The normalized spacial score (nSPS) is 13.4. The van der Waals surface area contributed by atoms with Crippen molar-refractivity contribution in [2.45, 2.75) is 19.4 Å². The molecular weight excluding hydrogens is 447 g/mol. The number of nitrogens with one attached hydrogen (secondary N) is 2. The van der Waals surface area contributed by atoms with E-state index < -0.39 is 17.5 Å². The molecule has 0 unspecified atom stereocenters. The fourth-order valence-electron chi connectivity index (χ4n) is 3.10. The molecule has 0 atom stereocenters. The summed E-state index contributed by atoms with van der Waals surface area (Å²) in [7, 11) is 0. The predicted octanol–water partition coefficient (Wildman–Crippen LogP) is 3.46. The van der Waals surface area contributed by atoms with E-state index in [0.717, 1.165) is 43.3 Å². The second kappa shape index (κ2) is 8.90. The number of amides is 2. The lowest BCUT2D eigenvalue weighted by molar-refractivity contribution is -0.130. The van der Waals surface area contributed by atoms with E-state index in [4.69, 9.17) is 11.6 Å². The first kappa shape index (κ1) is 21.1. The lowest BCUT2D eigenvalue weighted by Gasteiger charge is -2.14. The summed E-state index contributed by atoms with van der Waals surface area (Å²) in [5, 5.41) is 19.4. The molecule has 9 nitrogen and oxygen atoms in total. The molecule has 1 aliphatic heterocycles. The van der Waals surface area contributed by atoms with Crippen molar-refractivity contribution in [1.82, 2.24) is 19.7 Å². The first-order valence-corrected chi connectivity index (χ1v) is 10.6. The second-order valence-electron chi connectivity index (χ2n) is 6.85. The van der Waals surface area contributed by atoms with Crippen molar-refractivity contribution in [1.29, 1.82) is 0 Å². The average Bonchev–Trinajstić information content (AvgIpc) is 3.50. The number of nitrogens with zero attached hydrogens (tertiary/aromatic N) is 4. The van der Waals surface area contributed by atoms with Gasteiger partial charge in [-0.3, -0.25) is 14.3 Å². The number of benzene rings is 1. The van der Waals surface area contributed by atoms with Gasteiger partial charge in [-0.15, -0.1) is 0 Å². The summed E-state index contributed by atoms with van der Waals surface area (Å²) in [6, 6.07) is 4.07. The Balaban J connectivity index is 1.38. The molecule has 1 saturated heterocycles. The molecule has 3 N–H and O–H groups in total. The number of aromatic hydroxyl groups is 1. The minimum absolute atomic E-state index is 0.0261. The van der Waals surface area contributed by atoms with Crippen molar-refractivity contribution in [3.8, 4) is 5.75 Å². The number of phenols is 1. The zero-order valence-corrected chi connectivity index (χ0v) is 17.7. The van der Waals surface area contributed by atoms with E-state index in [1.54, 1.807) is 12.3 Å². The van der Waals surface area contributed by atoms with Gasteiger partial charge in [0.2, 0.25) is 5.91 Å². The number of rotatable bonds is 6. The van der Waals surface area contributed by atoms with Crippen LogP contribution in [0.25, 0.3) is 0 Å². The Hall–Kier alpha value is -3.18. The quantitative estimate of drug-likeness (QED) is 0.515. The van der Waals surface area contributed by atoms with Crippen molar-refractivity contribution in [3.05, 3.63) is 46.3 Å².